The molecule has 122 valence electrons. The highest BCUT2D eigenvalue weighted by Crippen LogP contribution is 2.22. The maximum Gasteiger partial charge on any atom is 0.261 e. The summed E-state index contributed by atoms with van der Waals surface area (Å²) < 4.78 is 76.4. The SMILES string of the molecule is CS(=O)(=O)c1ccc(F)c(C(=O)Nc2ccc(F)c(F)c2)c1F. The first-order chi connectivity index (χ1) is 10.6. The average molecular weight is 347 g/mol. The fraction of sp³-hybridized carbons (Fsp3) is 0.0714. The molecular formula is C14H9F4NO3S. The van der Waals surface area contributed by atoms with E-state index in [1.807, 2.05) is 5.32 Å². The Kier molecular flexibility index (Phi) is 4.42. The van der Waals surface area contributed by atoms with Crippen LogP contribution in [0.3, 0.4) is 0 Å². The van der Waals surface area contributed by atoms with Gasteiger partial charge in [0.05, 0.1) is 0 Å². The van der Waals surface area contributed by atoms with Crippen molar-refractivity contribution in [1.29, 1.82) is 0 Å². The van der Waals surface area contributed by atoms with E-state index in [-0.39, 0.29) is 5.69 Å². The normalized spacial score (nSPS) is 11.3. The zero-order chi connectivity index (χ0) is 17.4. The number of carbonyl (C=O) groups excluding carboxylic acids is 1. The van der Waals surface area contributed by atoms with E-state index < -0.39 is 49.5 Å². The second-order valence-corrected chi connectivity index (χ2v) is 6.57. The van der Waals surface area contributed by atoms with Gasteiger partial charge in [-0.25, -0.2) is 26.0 Å². The van der Waals surface area contributed by atoms with Gasteiger partial charge in [-0.05, 0) is 24.3 Å². The van der Waals surface area contributed by atoms with Crippen LogP contribution < -0.4 is 5.32 Å². The first-order valence-corrected chi connectivity index (χ1v) is 7.95. The van der Waals surface area contributed by atoms with Crippen LogP contribution in [0.2, 0.25) is 0 Å². The highest BCUT2D eigenvalue weighted by Gasteiger charge is 2.25. The summed E-state index contributed by atoms with van der Waals surface area (Å²) in [5, 5.41) is 1.97. The summed E-state index contributed by atoms with van der Waals surface area (Å²) in [7, 11) is -4.02. The summed E-state index contributed by atoms with van der Waals surface area (Å²) in [5.74, 6) is -6.63. The third-order valence-corrected chi connectivity index (χ3v) is 3.97. The molecule has 9 heteroatoms. The predicted molar refractivity (Wildman–Crippen MR) is 73.8 cm³/mol. The largest absolute Gasteiger partial charge is 0.322 e. The Morgan fingerprint density at radius 3 is 2.13 bits per heavy atom. The lowest BCUT2D eigenvalue weighted by atomic mass is 10.1. The lowest BCUT2D eigenvalue weighted by molar-refractivity contribution is 0.101. The van der Waals surface area contributed by atoms with Gasteiger partial charge in [0.1, 0.15) is 16.3 Å². The lowest BCUT2D eigenvalue weighted by Crippen LogP contribution is -2.18. The van der Waals surface area contributed by atoms with Gasteiger partial charge in [0, 0.05) is 18.0 Å². The van der Waals surface area contributed by atoms with E-state index in [0.29, 0.717) is 30.5 Å². The maximum absolute atomic E-state index is 14.1. The predicted octanol–water partition coefficient (Wildman–Crippen LogP) is 2.90. The van der Waals surface area contributed by atoms with E-state index in [1.54, 1.807) is 0 Å². The minimum Gasteiger partial charge on any atom is -0.322 e. The van der Waals surface area contributed by atoms with E-state index in [2.05, 4.69) is 0 Å². The Morgan fingerprint density at radius 2 is 1.57 bits per heavy atom. The highest BCUT2D eigenvalue weighted by atomic mass is 32.2. The molecule has 0 saturated heterocycles. The topological polar surface area (TPSA) is 63.2 Å². The first-order valence-electron chi connectivity index (χ1n) is 6.05. The molecule has 0 aliphatic rings. The monoisotopic (exact) mass is 347 g/mol. The lowest BCUT2D eigenvalue weighted by Gasteiger charge is -2.09. The van der Waals surface area contributed by atoms with Crippen molar-refractivity contribution in [1.82, 2.24) is 0 Å². The van der Waals surface area contributed by atoms with Crippen LogP contribution >= 0.6 is 0 Å². The average Bonchev–Trinajstić information content (AvgIpc) is 2.41. The number of anilines is 1. The summed E-state index contributed by atoms with van der Waals surface area (Å²) in [6.07, 6.45) is 0.695. The maximum atomic E-state index is 14.1. The van der Waals surface area contributed by atoms with Crippen LogP contribution in [0.1, 0.15) is 10.4 Å². The van der Waals surface area contributed by atoms with Crippen molar-refractivity contribution in [2.45, 2.75) is 4.90 Å². The van der Waals surface area contributed by atoms with E-state index in [4.69, 9.17) is 0 Å². The number of nitrogens with one attached hydrogen (secondary N) is 1. The summed E-state index contributed by atoms with van der Waals surface area (Å²) in [6.45, 7) is 0. The summed E-state index contributed by atoms with van der Waals surface area (Å²) in [6, 6.07) is 3.62. The van der Waals surface area contributed by atoms with Gasteiger partial charge < -0.3 is 5.32 Å². The summed E-state index contributed by atoms with van der Waals surface area (Å²) in [5.41, 5.74) is -1.39. The zero-order valence-electron chi connectivity index (χ0n) is 11.5. The minimum atomic E-state index is -4.02. The van der Waals surface area contributed by atoms with Crippen LogP contribution in [-0.4, -0.2) is 20.6 Å². The van der Waals surface area contributed by atoms with Crippen molar-refractivity contribution >= 4 is 21.4 Å². The fourth-order valence-corrected chi connectivity index (χ4v) is 2.54. The Balaban J connectivity index is 2.45. The van der Waals surface area contributed by atoms with Gasteiger partial charge in [-0.2, -0.15) is 0 Å². The molecule has 0 radical (unpaired) electrons. The number of rotatable bonds is 3. The fourth-order valence-electron chi connectivity index (χ4n) is 1.80. The summed E-state index contributed by atoms with van der Waals surface area (Å²) in [4.78, 5) is 11.1. The number of benzene rings is 2. The standard InChI is InChI=1S/C14H9F4NO3S/c1-23(21,22)11-5-4-9(16)12(13(11)18)14(20)19-7-2-3-8(15)10(17)6-7/h2-6H,1H3,(H,19,20). The molecule has 23 heavy (non-hydrogen) atoms. The van der Waals surface area contributed by atoms with Crippen LogP contribution in [-0.2, 0) is 9.84 Å². The Bertz CT molecular complexity index is 897. The van der Waals surface area contributed by atoms with E-state index in [1.165, 1.54) is 0 Å². The molecule has 4 nitrogen and oxygen atoms in total. The van der Waals surface area contributed by atoms with Crippen LogP contribution in [0.15, 0.2) is 35.2 Å². The zero-order valence-corrected chi connectivity index (χ0v) is 12.3. The molecule has 0 atom stereocenters. The smallest absolute Gasteiger partial charge is 0.261 e. The number of carbonyl (C=O) groups is 1. The van der Waals surface area contributed by atoms with Gasteiger partial charge in [0.15, 0.2) is 27.3 Å². The van der Waals surface area contributed by atoms with Crippen molar-refractivity contribution in [3.63, 3.8) is 0 Å². The molecule has 0 saturated carbocycles. The summed E-state index contributed by atoms with van der Waals surface area (Å²) >= 11 is 0. The first kappa shape index (κ1) is 16.9. The van der Waals surface area contributed by atoms with Gasteiger partial charge in [-0.15, -0.1) is 0 Å². The molecule has 1 N–H and O–H groups in total. The van der Waals surface area contributed by atoms with Crippen LogP contribution in [0.5, 0.6) is 0 Å². The number of halogens is 4. The highest BCUT2D eigenvalue weighted by molar-refractivity contribution is 7.90. The van der Waals surface area contributed by atoms with Gasteiger partial charge in [-0.1, -0.05) is 0 Å². The molecule has 2 rings (SSSR count). The van der Waals surface area contributed by atoms with Crippen molar-refractivity contribution in [3.05, 3.63) is 59.2 Å². The van der Waals surface area contributed by atoms with Crippen LogP contribution in [0.25, 0.3) is 0 Å². The number of sulfone groups is 1. The quantitative estimate of drug-likeness (QED) is 0.686. The van der Waals surface area contributed by atoms with E-state index in [0.717, 1.165) is 6.07 Å². The molecule has 0 heterocycles. The van der Waals surface area contributed by atoms with Crippen molar-refractivity contribution in [3.8, 4) is 0 Å². The molecule has 0 bridgehead atoms. The third kappa shape index (κ3) is 3.50. The second-order valence-electron chi connectivity index (χ2n) is 4.59. The molecule has 0 aliphatic carbocycles. The molecular weight excluding hydrogens is 338 g/mol. The molecule has 0 fully saturated rings. The van der Waals surface area contributed by atoms with Gasteiger partial charge in [-0.3, -0.25) is 4.79 Å². The Labute approximate surface area is 128 Å². The molecule has 1 amide bonds. The molecule has 0 aromatic heterocycles. The number of hydrogen-bond donors (Lipinski definition) is 1. The number of hydrogen-bond acceptors (Lipinski definition) is 3. The van der Waals surface area contributed by atoms with Crippen molar-refractivity contribution < 1.29 is 30.8 Å². The van der Waals surface area contributed by atoms with Crippen LogP contribution in [0.4, 0.5) is 23.2 Å². The van der Waals surface area contributed by atoms with Gasteiger partial charge >= 0.3 is 0 Å². The minimum absolute atomic E-state index is 0.252. The molecule has 2 aromatic rings. The van der Waals surface area contributed by atoms with Gasteiger partial charge in [0.2, 0.25) is 0 Å². The van der Waals surface area contributed by atoms with Gasteiger partial charge in [0.25, 0.3) is 5.91 Å². The van der Waals surface area contributed by atoms with E-state index in [9.17, 15) is 30.8 Å². The second kappa shape index (κ2) is 5.99. The molecule has 0 unspecified atom stereocenters. The van der Waals surface area contributed by atoms with Crippen molar-refractivity contribution in [2.75, 3.05) is 11.6 Å². The van der Waals surface area contributed by atoms with Crippen molar-refractivity contribution in [2.24, 2.45) is 0 Å². The third-order valence-electron chi connectivity index (χ3n) is 2.86. The molecule has 0 aliphatic heterocycles. The Morgan fingerprint density at radius 1 is 0.957 bits per heavy atom. The molecule has 0 spiro atoms. The van der Waals surface area contributed by atoms with Crippen LogP contribution in [0, 0.1) is 23.3 Å². The molecule has 2 aromatic carbocycles. The van der Waals surface area contributed by atoms with E-state index >= 15 is 0 Å². The number of amides is 1. The Hall–Kier alpha value is -2.42.